The minimum Gasteiger partial charge on any atom is -0.489 e. The molecular formula is C22H32FN3O5. The zero-order valence-electron chi connectivity index (χ0n) is 18.9. The molecule has 1 saturated heterocycles. The van der Waals surface area contributed by atoms with Crippen LogP contribution in [-0.2, 0) is 9.53 Å². The summed E-state index contributed by atoms with van der Waals surface area (Å²) in [6, 6.07) is 2.36. The number of esters is 1. The maximum atomic E-state index is 14.3. The van der Waals surface area contributed by atoms with Crippen molar-refractivity contribution < 1.29 is 23.6 Å². The van der Waals surface area contributed by atoms with Crippen LogP contribution in [0.4, 0.5) is 10.1 Å². The van der Waals surface area contributed by atoms with Gasteiger partial charge in [0.05, 0.1) is 17.5 Å². The van der Waals surface area contributed by atoms with Gasteiger partial charge in [-0.15, -0.1) is 0 Å². The van der Waals surface area contributed by atoms with Crippen molar-refractivity contribution in [2.75, 3.05) is 32.8 Å². The number of carbonyl (C=O) groups excluding carboxylic acids is 1. The van der Waals surface area contributed by atoms with Crippen molar-refractivity contribution in [1.82, 2.24) is 9.80 Å². The molecule has 0 saturated carbocycles. The highest BCUT2D eigenvalue weighted by Crippen LogP contribution is 2.29. The van der Waals surface area contributed by atoms with Crippen molar-refractivity contribution in [3.05, 3.63) is 40.2 Å². The first-order chi connectivity index (χ1) is 14.4. The Morgan fingerprint density at radius 1 is 1.32 bits per heavy atom. The van der Waals surface area contributed by atoms with Crippen molar-refractivity contribution in [3.8, 4) is 5.75 Å². The molecule has 0 bridgehead atoms. The van der Waals surface area contributed by atoms with Crippen molar-refractivity contribution in [1.29, 1.82) is 0 Å². The van der Waals surface area contributed by atoms with Crippen molar-refractivity contribution in [2.45, 2.75) is 52.3 Å². The van der Waals surface area contributed by atoms with Gasteiger partial charge in [0.1, 0.15) is 12.2 Å². The fourth-order valence-corrected chi connectivity index (χ4v) is 3.77. The summed E-state index contributed by atoms with van der Waals surface area (Å²) in [5.41, 5.74) is -0.612. The summed E-state index contributed by atoms with van der Waals surface area (Å²) >= 11 is 0. The summed E-state index contributed by atoms with van der Waals surface area (Å²) in [6.45, 7) is 15.7. The molecule has 0 N–H and O–H groups in total. The van der Waals surface area contributed by atoms with E-state index in [1.54, 1.807) is 0 Å². The van der Waals surface area contributed by atoms with Crippen LogP contribution in [0.3, 0.4) is 0 Å². The smallest absolute Gasteiger partial charge is 0.320 e. The largest absolute Gasteiger partial charge is 0.489 e. The molecule has 1 aromatic rings. The van der Waals surface area contributed by atoms with Gasteiger partial charge < -0.3 is 9.47 Å². The Bertz CT molecular complexity index is 812. The Labute approximate surface area is 182 Å². The van der Waals surface area contributed by atoms with Crippen LogP contribution in [0.15, 0.2) is 18.7 Å². The minimum absolute atomic E-state index is 0.0368. The van der Waals surface area contributed by atoms with Gasteiger partial charge in [0.15, 0.2) is 11.6 Å². The van der Waals surface area contributed by atoms with E-state index in [4.69, 9.17) is 9.47 Å². The highest BCUT2D eigenvalue weighted by atomic mass is 19.1. The third kappa shape index (κ3) is 7.00. The number of halogens is 1. The molecule has 0 aromatic heterocycles. The van der Waals surface area contributed by atoms with E-state index in [0.717, 1.165) is 19.2 Å². The zero-order valence-corrected chi connectivity index (χ0v) is 18.9. The molecule has 1 aromatic carbocycles. The molecule has 1 aliphatic heterocycles. The maximum absolute atomic E-state index is 14.3. The normalized spacial score (nSPS) is 20.3. The van der Waals surface area contributed by atoms with Gasteiger partial charge in [-0.2, -0.15) is 0 Å². The second-order valence-corrected chi connectivity index (χ2v) is 8.87. The van der Waals surface area contributed by atoms with E-state index in [1.165, 1.54) is 12.1 Å². The van der Waals surface area contributed by atoms with Crippen LogP contribution < -0.4 is 4.74 Å². The number of rotatable bonds is 8. The van der Waals surface area contributed by atoms with Crippen LogP contribution in [-0.4, -0.2) is 71.2 Å². The predicted molar refractivity (Wildman–Crippen MR) is 117 cm³/mol. The van der Waals surface area contributed by atoms with Gasteiger partial charge in [-0.05, 0) is 34.6 Å². The number of nitro groups is 1. The van der Waals surface area contributed by atoms with Crippen LogP contribution in [0.2, 0.25) is 0 Å². The Morgan fingerprint density at radius 2 is 1.94 bits per heavy atom. The van der Waals surface area contributed by atoms with E-state index in [-0.39, 0.29) is 48.2 Å². The number of hydrogen-bond acceptors (Lipinski definition) is 7. The van der Waals surface area contributed by atoms with E-state index in [0.29, 0.717) is 6.54 Å². The van der Waals surface area contributed by atoms with Gasteiger partial charge in [0.25, 0.3) is 5.69 Å². The van der Waals surface area contributed by atoms with E-state index in [2.05, 4.69) is 30.2 Å². The summed E-state index contributed by atoms with van der Waals surface area (Å²) in [7, 11) is 0. The van der Waals surface area contributed by atoms with Crippen LogP contribution in [0.5, 0.6) is 5.75 Å². The molecule has 0 amide bonds. The summed E-state index contributed by atoms with van der Waals surface area (Å²) in [4.78, 5) is 26.8. The first-order valence-electron chi connectivity index (χ1n) is 10.3. The number of nitrogens with zero attached hydrogens (tertiary/aromatic N) is 3. The Morgan fingerprint density at radius 3 is 2.45 bits per heavy atom. The third-order valence-corrected chi connectivity index (χ3v) is 5.05. The first-order valence-corrected chi connectivity index (χ1v) is 10.3. The van der Waals surface area contributed by atoms with Gasteiger partial charge in [-0.3, -0.25) is 24.7 Å². The number of nitro benzene ring substituents is 1. The Kier molecular flexibility index (Phi) is 8.14. The average molecular weight is 438 g/mol. The molecule has 8 nitrogen and oxygen atoms in total. The molecule has 0 aliphatic carbocycles. The van der Waals surface area contributed by atoms with Gasteiger partial charge in [-0.25, -0.2) is 4.39 Å². The number of piperazine rings is 1. The summed E-state index contributed by atoms with van der Waals surface area (Å²) in [6.07, 6.45) is 1.34. The van der Waals surface area contributed by atoms with Crippen LogP contribution in [0.25, 0.3) is 6.08 Å². The first kappa shape index (κ1) is 24.7. The summed E-state index contributed by atoms with van der Waals surface area (Å²) in [5.74, 6) is -1.06. The van der Waals surface area contributed by atoms with E-state index >= 15 is 0 Å². The quantitative estimate of drug-likeness (QED) is 0.350. The van der Waals surface area contributed by atoms with Crippen LogP contribution in [0.1, 0.15) is 40.2 Å². The van der Waals surface area contributed by atoms with Crippen molar-refractivity contribution in [2.24, 2.45) is 0 Å². The highest BCUT2D eigenvalue weighted by molar-refractivity contribution is 5.72. The molecule has 2 atom stereocenters. The Balaban J connectivity index is 1.92. The molecule has 31 heavy (non-hydrogen) atoms. The monoisotopic (exact) mass is 437 g/mol. The lowest BCUT2D eigenvalue weighted by Crippen LogP contribution is -2.58. The third-order valence-electron chi connectivity index (χ3n) is 5.05. The lowest BCUT2D eigenvalue weighted by molar-refractivity contribution is -0.385. The SMILES string of the molecule is C=Cc1cc([N+](=O)[O-])cc(F)c1OCCN1C[C@@H](C)N(CC(=O)OC(C)(C)C)[C@@H](C)C1. The number of ether oxygens (including phenoxy) is 2. The molecule has 1 fully saturated rings. The van der Waals surface area contributed by atoms with E-state index in [1.807, 2.05) is 20.8 Å². The lowest BCUT2D eigenvalue weighted by Gasteiger charge is -2.44. The summed E-state index contributed by atoms with van der Waals surface area (Å²) < 4.78 is 25.3. The predicted octanol–water partition coefficient (Wildman–Crippen LogP) is 3.49. The fourth-order valence-electron chi connectivity index (χ4n) is 3.77. The fraction of sp³-hybridized carbons (Fsp3) is 0.591. The van der Waals surface area contributed by atoms with Gasteiger partial charge in [0.2, 0.25) is 0 Å². The second kappa shape index (κ2) is 10.2. The zero-order chi connectivity index (χ0) is 23.3. The van der Waals surface area contributed by atoms with Gasteiger partial charge in [-0.1, -0.05) is 12.7 Å². The molecule has 0 spiro atoms. The van der Waals surface area contributed by atoms with Crippen LogP contribution >= 0.6 is 0 Å². The molecule has 2 rings (SSSR count). The molecular weight excluding hydrogens is 405 g/mol. The van der Waals surface area contributed by atoms with E-state index in [9.17, 15) is 19.3 Å². The van der Waals surface area contributed by atoms with Crippen molar-refractivity contribution in [3.63, 3.8) is 0 Å². The number of carbonyl (C=O) groups is 1. The maximum Gasteiger partial charge on any atom is 0.320 e. The highest BCUT2D eigenvalue weighted by Gasteiger charge is 2.32. The molecule has 172 valence electrons. The molecule has 1 aliphatic rings. The van der Waals surface area contributed by atoms with Gasteiger partial charge >= 0.3 is 5.97 Å². The molecule has 9 heteroatoms. The average Bonchev–Trinajstić information content (AvgIpc) is 2.64. The standard InChI is InChI=1S/C22H32FN3O5/c1-7-17-10-18(26(28)29)11-19(23)21(17)30-9-8-24-12-15(2)25(16(3)13-24)14-20(27)31-22(4,5)6/h7,10-11,15-16H,1,8-9,12-14H2,2-6H3/t15-,16+. The lowest BCUT2D eigenvalue weighted by atomic mass is 10.1. The second-order valence-electron chi connectivity index (χ2n) is 8.87. The topological polar surface area (TPSA) is 85.2 Å². The molecule has 0 unspecified atom stereocenters. The number of non-ortho nitro benzene ring substituents is 1. The number of benzene rings is 1. The minimum atomic E-state index is -0.784. The van der Waals surface area contributed by atoms with Gasteiger partial charge in [0, 0.05) is 43.3 Å². The Hall–Kier alpha value is -2.52. The number of hydrogen-bond donors (Lipinski definition) is 0. The van der Waals surface area contributed by atoms with E-state index < -0.39 is 16.3 Å². The van der Waals surface area contributed by atoms with Crippen molar-refractivity contribution >= 4 is 17.7 Å². The summed E-state index contributed by atoms with van der Waals surface area (Å²) in [5, 5.41) is 10.9. The molecule has 0 radical (unpaired) electrons. The van der Waals surface area contributed by atoms with Crippen LogP contribution in [0, 0.1) is 15.9 Å². The molecule has 1 heterocycles.